The van der Waals surface area contributed by atoms with Crippen LogP contribution in [-0.4, -0.2) is 11.6 Å². The molecule has 15 heavy (non-hydrogen) atoms. The molecule has 0 bridgehead atoms. The average molecular weight is 206 g/mol. The van der Waals surface area contributed by atoms with Gasteiger partial charge in [-0.2, -0.15) is 0 Å². The van der Waals surface area contributed by atoms with Crippen LogP contribution in [0.4, 0.5) is 0 Å². The normalized spacial score (nSPS) is 40.6. The number of carbonyl (C=O) groups is 2. The lowest BCUT2D eigenvalue weighted by molar-refractivity contribution is -0.119. The zero-order valence-electron chi connectivity index (χ0n) is 9.62. The molecule has 0 aromatic rings. The quantitative estimate of drug-likeness (QED) is 0.664. The summed E-state index contributed by atoms with van der Waals surface area (Å²) in [5, 5.41) is 0. The Morgan fingerprint density at radius 2 is 2.00 bits per heavy atom. The SMILES string of the molecule is CC(=O)/C=C/C(C)C1(C)[C@@H]2CC(=O)C[C@@H]21. The third kappa shape index (κ3) is 1.56. The van der Waals surface area contributed by atoms with Crippen LogP contribution in [0.25, 0.3) is 0 Å². The van der Waals surface area contributed by atoms with Gasteiger partial charge in [-0.05, 0) is 36.2 Å². The Bertz CT molecular complexity index is 326. The van der Waals surface area contributed by atoms with Crippen molar-refractivity contribution in [3.63, 3.8) is 0 Å². The van der Waals surface area contributed by atoms with Gasteiger partial charge in [0.25, 0.3) is 0 Å². The van der Waals surface area contributed by atoms with E-state index < -0.39 is 0 Å². The number of fused-ring (bicyclic) bond motifs is 1. The highest BCUT2D eigenvalue weighted by atomic mass is 16.1. The minimum atomic E-state index is 0.104. The van der Waals surface area contributed by atoms with Crippen molar-refractivity contribution in [2.24, 2.45) is 23.2 Å². The van der Waals surface area contributed by atoms with Crippen molar-refractivity contribution in [3.05, 3.63) is 12.2 Å². The van der Waals surface area contributed by atoms with E-state index in [4.69, 9.17) is 0 Å². The van der Waals surface area contributed by atoms with E-state index in [-0.39, 0.29) is 11.2 Å². The van der Waals surface area contributed by atoms with E-state index in [2.05, 4.69) is 13.8 Å². The molecule has 2 fully saturated rings. The second-order valence-electron chi connectivity index (χ2n) is 5.28. The summed E-state index contributed by atoms with van der Waals surface area (Å²) < 4.78 is 0. The van der Waals surface area contributed by atoms with Crippen molar-refractivity contribution >= 4 is 11.6 Å². The predicted molar refractivity (Wildman–Crippen MR) is 58.3 cm³/mol. The molecule has 4 atom stereocenters. The first-order valence-electron chi connectivity index (χ1n) is 5.66. The third-order valence-corrected chi connectivity index (χ3v) is 4.47. The van der Waals surface area contributed by atoms with E-state index in [0.717, 1.165) is 12.8 Å². The largest absolute Gasteiger partial charge is 0.300 e. The number of hydrogen-bond donors (Lipinski definition) is 0. The van der Waals surface area contributed by atoms with Gasteiger partial charge in [0.2, 0.25) is 0 Å². The molecule has 2 unspecified atom stereocenters. The van der Waals surface area contributed by atoms with Crippen molar-refractivity contribution in [2.75, 3.05) is 0 Å². The average Bonchev–Trinajstić information content (AvgIpc) is 2.59. The zero-order valence-corrected chi connectivity index (χ0v) is 9.62. The summed E-state index contributed by atoms with van der Waals surface area (Å²) in [6.45, 7) is 5.98. The maximum atomic E-state index is 11.2. The number of carbonyl (C=O) groups excluding carboxylic acids is 2. The van der Waals surface area contributed by atoms with Crippen LogP contribution >= 0.6 is 0 Å². The van der Waals surface area contributed by atoms with Crippen LogP contribution in [0, 0.1) is 23.2 Å². The number of Topliss-reactive ketones (excluding diaryl/α,β-unsaturated/α-hetero) is 1. The Hall–Kier alpha value is -0.920. The van der Waals surface area contributed by atoms with Gasteiger partial charge in [-0.25, -0.2) is 0 Å². The molecule has 0 N–H and O–H groups in total. The first-order chi connectivity index (χ1) is 6.96. The first-order valence-corrected chi connectivity index (χ1v) is 5.66. The maximum Gasteiger partial charge on any atom is 0.152 e. The molecule has 0 aliphatic heterocycles. The van der Waals surface area contributed by atoms with Crippen molar-refractivity contribution in [3.8, 4) is 0 Å². The highest BCUT2D eigenvalue weighted by Crippen LogP contribution is 2.69. The molecule has 0 heterocycles. The molecule has 2 saturated carbocycles. The molecule has 0 aromatic heterocycles. The van der Waals surface area contributed by atoms with Crippen LogP contribution in [0.5, 0.6) is 0 Å². The van der Waals surface area contributed by atoms with E-state index >= 15 is 0 Å². The molecule has 2 aliphatic rings. The number of ketones is 2. The zero-order chi connectivity index (χ0) is 11.2. The third-order valence-electron chi connectivity index (χ3n) is 4.47. The van der Waals surface area contributed by atoms with Crippen molar-refractivity contribution in [1.82, 2.24) is 0 Å². The Morgan fingerprint density at radius 3 is 2.47 bits per heavy atom. The van der Waals surface area contributed by atoms with Gasteiger partial charge < -0.3 is 0 Å². The molecule has 82 valence electrons. The molecular formula is C13H18O2. The van der Waals surface area contributed by atoms with E-state index in [1.165, 1.54) is 0 Å². The summed E-state index contributed by atoms with van der Waals surface area (Å²) in [4.78, 5) is 22.0. The summed E-state index contributed by atoms with van der Waals surface area (Å²) >= 11 is 0. The lowest BCUT2D eigenvalue weighted by Gasteiger charge is -2.20. The minimum Gasteiger partial charge on any atom is -0.300 e. The van der Waals surface area contributed by atoms with Crippen LogP contribution < -0.4 is 0 Å². The molecule has 0 radical (unpaired) electrons. The summed E-state index contributed by atoms with van der Waals surface area (Å²) in [7, 11) is 0. The van der Waals surface area contributed by atoms with Gasteiger partial charge in [0, 0.05) is 12.8 Å². The topological polar surface area (TPSA) is 34.1 Å². The fraction of sp³-hybridized carbons (Fsp3) is 0.692. The number of allylic oxidation sites excluding steroid dienone is 2. The molecule has 0 aromatic carbocycles. The van der Waals surface area contributed by atoms with Gasteiger partial charge in [0.15, 0.2) is 5.78 Å². The monoisotopic (exact) mass is 206 g/mol. The summed E-state index contributed by atoms with van der Waals surface area (Å²) in [6.07, 6.45) is 5.19. The fourth-order valence-corrected chi connectivity index (χ4v) is 3.18. The summed E-state index contributed by atoms with van der Waals surface area (Å²) in [6, 6.07) is 0. The van der Waals surface area contributed by atoms with E-state index in [1.807, 2.05) is 6.08 Å². The highest BCUT2D eigenvalue weighted by Gasteiger charge is 2.66. The number of hydrogen-bond acceptors (Lipinski definition) is 2. The maximum absolute atomic E-state index is 11.2. The summed E-state index contributed by atoms with van der Waals surface area (Å²) in [5.74, 6) is 2.09. The second kappa shape index (κ2) is 3.29. The van der Waals surface area contributed by atoms with Gasteiger partial charge in [-0.15, -0.1) is 0 Å². The highest BCUT2D eigenvalue weighted by molar-refractivity contribution is 5.87. The van der Waals surface area contributed by atoms with Crippen LogP contribution in [-0.2, 0) is 9.59 Å². The number of rotatable bonds is 3. The van der Waals surface area contributed by atoms with Crippen LogP contribution in [0.2, 0.25) is 0 Å². The standard InChI is InChI=1S/C13H18O2/c1-8(4-5-9(2)14)13(3)11-6-10(15)7-12(11)13/h4-5,8,11-12H,6-7H2,1-3H3/b5-4+/t8?,11-,12+,13?. The Labute approximate surface area is 90.7 Å². The van der Waals surface area contributed by atoms with Gasteiger partial charge in [0.1, 0.15) is 5.78 Å². The van der Waals surface area contributed by atoms with Crippen molar-refractivity contribution < 1.29 is 9.59 Å². The van der Waals surface area contributed by atoms with Gasteiger partial charge in [-0.1, -0.05) is 19.9 Å². The molecule has 2 rings (SSSR count). The molecule has 0 spiro atoms. The Morgan fingerprint density at radius 1 is 1.47 bits per heavy atom. The molecule has 2 nitrogen and oxygen atoms in total. The van der Waals surface area contributed by atoms with Crippen LogP contribution in [0.15, 0.2) is 12.2 Å². The Kier molecular flexibility index (Phi) is 2.32. The van der Waals surface area contributed by atoms with Crippen molar-refractivity contribution in [1.29, 1.82) is 0 Å². The molecule has 2 aliphatic carbocycles. The molecule has 0 saturated heterocycles. The van der Waals surface area contributed by atoms with Crippen LogP contribution in [0.3, 0.4) is 0 Å². The molecule has 0 amide bonds. The van der Waals surface area contributed by atoms with E-state index in [0.29, 0.717) is 23.5 Å². The second-order valence-corrected chi connectivity index (χ2v) is 5.28. The predicted octanol–water partition coefficient (Wildman–Crippen LogP) is 2.38. The van der Waals surface area contributed by atoms with Crippen LogP contribution in [0.1, 0.15) is 33.6 Å². The van der Waals surface area contributed by atoms with Gasteiger partial charge >= 0.3 is 0 Å². The van der Waals surface area contributed by atoms with Gasteiger partial charge in [-0.3, -0.25) is 9.59 Å². The lowest BCUT2D eigenvalue weighted by Crippen LogP contribution is -2.16. The van der Waals surface area contributed by atoms with E-state index in [9.17, 15) is 9.59 Å². The smallest absolute Gasteiger partial charge is 0.152 e. The first kappa shape index (κ1) is 10.6. The molecular weight excluding hydrogens is 188 g/mol. The summed E-state index contributed by atoms with van der Waals surface area (Å²) in [5.41, 5.74) is 0.278. The fourth-order valence-electron chi connectivity index (χ4n) is 3.18. The van der Waals surface area contributed by atoms with Crippen molar-refractivity contribution in [2.45, 2.75) is 33.6 Å². The van der Waals surface area contributed by atoms with Gasteiger partial charge in [0.05, 0.1) is 0 Å². The lowest BCUT2D eigenvalue weighted by atomic mass is 9.84. The van der Waals surface area contributed by atoms with E-state index in [1.54, 1.807) is 13.0 Å². The minimum absolute atomic E-state index is 0.104. The molecule has 2 heteroatoms. The Balaban J connectivity index is 2.02.